The summed E-state index contributed by atoms with van der Waals surface area (Å²) in [6.07, 6.45) is 3.89. The van der Waals surface area contributed by atoms with E-state index in [1.54, 1.807) is 9.83 Å². The normalized spacial score (nSPS) is 13.7. The van der Waals surface area contributed by atoms with Gasteiger partial charge in [0.25, 0.3) is 0 Å². The van der Waals surface area contributed by atoms with Crippen LogP contribution in [-0.4, -0.2) is 5.25 Å². The van der Waals surface area contributed by atoms with E-state index in [9.17, 15) is 0 Å². The lowest BCUT2D eigenvalue weighted by molar-refractivity contribution is 0.723. The summed E-state index contributed by atoms with van der Waals surface area (Å²) in [4.78, 5) is 0. The van der Waals surface area contributed by atoms with Crippen LogP contribution in [0.25, 0.3) is 0 Å². The Bertz CT molecular complexity index is 50.3. The molecule has 0 saturated carbocycles. The third kappa shape index (κ3) is 5.49. The van der Waals surface area contributed by atoms with E-state index >= 15 is 0 Å². The SMILES string of the molecule is CCCC(CC)SSS. The van der Waals surface area contributed by atoms with E-state index in [2.05, 4.69) is 25.5 Å². The molecule has 0 heterocycles. The van der Waals surface area contributed by atoms with Crippen molar-refractivity contribution in [2.45, 2.75) is 38.4 Å². The first kappa shape index (κ1) is 10.0. The zero-order valence-electron chi connectivity index (χ0n) is 5.96. The smallest absolute Gasteiger partial charge is 0.0156 e. The summed E-state index contributed by atoms with van der Waals surface area (Å²) < 4.78 is 0. The zero-order valence-corrected chi connectivity index (χ0v) is 8.49. The van der Waals surface area contributed by atoms with Crippen molar-refractivity contribution in [2.75, 3.05) is 0 Å². The third-order valence-electron chi connectivity index (χ3n) is 1.25. The second kappa shape index (κ2) is 7.16. The van der Waals surface area contributed by atoms with Gasteiger partial charge in [-0.2, -0.15) is 0 Å². The molecule has 1 unspecified atom stereocenters. The summed E-state index contributed by atoms with van der Waals surface area (Å²) in [5.74, 6) is 0. The number of hydrogen-bond acceptors (Lipinski definition) is 3. The van der Waals surface area contributed by atoms with Crippen LogP contribution in [0.2, 0.25) is 0 Å². The van der Waals surface area contributed by atoms with Crippen molar-refractivity contribution in [3.8, 4) is 0 Å². The van der Waals surface area contributed by atoms with Crippen LogP contribution in [0.3, 0.4) is 0 Å². The Morgan fingerprint density at radius 3 is 2.44 bits per heavy atom. The number of thiol groups is 1. The Kier molecular flexibility index (Phi) is 8.00. The molecule has 0 bridgehead atoms. The van der Waals surface area contributed by atoms with Crippen molar-refractivity contribution >= 4 is 32.3 Å². The van der Waals surface area contributed by atoms with Crippen molar-refractivity contribution < 1.29 is 0 Å². The average molecular weight is 182 g/mol. The lowest BCUT2D eigenvalue weighted by Gasteiger charge is -2.08. The monoisotopic (exact) mass is 182 g/mol. The summed E-state index contributed by atoms with van der Waals surface area (Å²) in [7, 11) is 3.47. The van der Waals surface area contributed by atoms with Gasteiger partial charge in [0.15, 0.2) is 0 Å². The average Bonchev–Trinajstić information content (AvgIpc) is 1.88. The fourth-order valence-corrected chi connectivity index (χ4v) is 3.45. The van der Waals surface area contributed by atoms with Gasteiger partial charge in [-0.1, -0.05) is 42.7 Å². The summed E-state index contributed by atoms with van der Waals surface area (Å²) in [6.45, 7) is 4.46. The maximum Gasteiger partial charge on any atom is 0.0156 e. The zero-order chi connectivity index (χ0) is 7.11. The maximum absolute atomic E-state index is 4.09. The van der Waals surface area contributed by atoms with Gasteiger partial charge in [0.1, 0.15) is 0 Å². The molecule has 0 aliphatic carbocycles. The molecule has 0 aromatic carbocycles. The molecule has 0 aromatic rings. The largest absolute Gasteiger partial charge is 0.0997 e. The quantitative estimate of drug-likeness (QED) is 0.507. The topological polar surface area (TPSA) is 0 Å². The molecule has 0 N–H and O–H groups in total. The summed E-state index contributed by atoms with van der Waals surface area (Å²) in [5, 5.41) is 0.817. The van der Waals surface area contributed by atoms with Gasteiger partial charge < -0.3 is 0 Å². The number of rotatable bonds is 5. The van der Waals surface area contributed by atoms with Gasteiger partial charge in [-0.15, -0.1) is 0 Å². The van der Waals surface area contributed by atoms with Crippen LogP contribution < -0.4 is 0 Å². The Hall–Kier alpha value is 1.05. The highest BCUT2D eigenvalue weighted by molar-refractivity contribution is 9.05. The van der Waals surface area contributed by atoms with E-state index in [1.165, 1.54) is 19.3 Å². The Morgan fingerprint density at radius 2 is 2.11 bits per heavy atom. The lowest BCUT2D eigenvalue weighted by atomic mass is 10.2. The van der Waals surface area contributed by atoms with Gasteiger partial charge in [-0.05, 0) is 22.7 Å². The first-order chi connectivity index (χ1) is 4.35. The van der Waals surface area contributed by atoms with Gasteiger partial charge in [0.05, 0.1) is 0 Å². The van der Waals surface area contributed by atoms with Crippen LogP contribution in [-0.2, 0) is 0 Å². The Labute approximate surface area is 70.8 Å². The van der Waals surface area contributed by atoms with E-state index in [0.717, 1.165) is 5.25 Å². The molecule has 9 heavy (non-hydrogen) atoms. The summed E-state index contributed by atoms with van der Waals surface area (Å²) in [6, 6.07) is 0. The molecule has 0 aromatic heterocycles. The van der Waals surface area contributed by atoms with Gasteiger partial charge >= 0.3 is 0 Å². The molecule has 0 nitrogen and oxygen atoms in total. The minimum Gasteiger partial charge on any atom is -0.0997 e. The molecule has 56 valence electrons. The standard InChI is InChI=1S/C6H14S3/c1-3-5-6(4-2)8-9-7/h6-7H,3-5H2,1-2H3. The molecular formula is C6H14S3. The van der Waals surface area contributed by atoms with Gasteiger partial charge in [0.2, 0.25) is 0 Å². The first-order valence-electron chi connectivity index (χ1n) is 3.32. The molecule has 0 aliphatic heterocycles. The van der Waals surface area contributed by atoms with E-state index in [4.69, 9.17) is 0 Å². The van der Waals surface area contributed by atoms with Crippen LogP contribution in [0.5, 0.6) is 0 Å². The molecular weight excluding hydrogens is 168 g/mol. The van der Waals surface area contributed by atoms with Crippen LogP contribution in [0.1, 0.15) is 33.1 Å². The van der Waals surface area contributed by atoms with E-state index in [1.807, 2.05) is 10.8 Å². The second-order valence-corrected chi connectivity index (χ2v) is 5.36. The molecule has 3 heteroatoms. The molecule has 0 radical (unpaired) electrons. The second-order valence-electron chi connectivity index (χ2n) is 1.99. The Balaban J connectivity index is 3.18. The predicted molar refractivity (Wildman–Crippen MR) is 53.2 cm³/mol. The van der Waals surface area contributed by atoms with E-state index in [0.29, 0.717) is 0 Å². The molecule has 0 rings (SSSR count). The minimum absolute atomic E-state index is 0.817. The highest BCUT2D eigenvalue weighted by atomic mass is 33.5. The van der Waals surface area contributed by atoms with Gasteiger partial charge in [-0.25, -0.2) is 0 Å². The molecule has 0 spiro atoms. The molecule has 0 amide bonds. The maximum atomic E-state index is 4.09. The van der Waals surface area contributed by atoms with Gasteiger partial charge in [-0.3, -0.25) is 0 Å². The number of hydrogen-bond donors (Lipinski definition) is 1. The van der Waals surface area contributed by atoms with Crippen LogP contribution >= 0.6 is 32.3 Å². The van der Waals surface area contributed by atoms with Crippen LogP contribution in [0, 0.1) is 0 Å². The van der Waals surface area contributed by atoms with Crippen molar-refractivity contribution in [1.82, 2.24) is 0 Å². The van der Waals surface area contributed by atoms with E-state index in [-0.39, 0.29) is 0 Å². The molecule has 0 saturated heterocycles. The first-order valence-corrected chi connectivity index (χ1v) is 6.58. The lowest BCUT2D eigenvalue weighted by Crippen LogP contribution is -1.96. The molecule has 0 aliphatic rings. The minimum atomic E-state index is 0.817. The summed E-state index contributed by atoms with van der Waals surface area (Å²) in [5.41, 5.74) is 0. The molecule has 1 atom stereocenters. The highest BCUT2D eigenvalue weighted by Crippen LogP contribution is 2.33. The fourth-order valence-electron chi connectivity index (χ4n) is 0.703. The van der Waals surface area contributed by atoms with Crippen molar-refractivity contribution in [3.05, 3.63) is 0 Å². The highest BCUT2D eigenvalue weighted by Gasteiger charge is 2.03. The summed E-state index contributed by atoms with van der Waals surface area (Å²) >= 11 is 4.09. The van der Waals surface area contributed by atoms with Crippen molar-refractivity contribution in [1.29, 1.82) is 0 Å². The van der Waals surface area contributed by atoms with Gasteiger partial charge in [0, 0.05) is 5.25 Å². The van der Waals surface area contributed by atoms with Crippen LogP contribution in [0.15, 0.2) is 0 Å². The van der Waals surface area contributed by atoms with Crippen molar-refractivity contribution in [2.24, 2.45) is 0 Å². The fraction of sp³-hybridized carbons (Fsp3) is 1.00. The van der Waals surface area contributed by atoms with Crippen molar-refractivity contribution in [3.63, 3.8) is 0 Å². The predicted octanol–water partition coefficient (Wildman–Crippen LogP) is 3.79. The van der Waals surface area contributed by atoms with Crippen LogP contribution in [0.4, 0.5) is 0 Å². The molecule has 0 fully saturated rings. The Morgan fingerprint density at radius 1 is 1.44 bits per heavy atom. The third-order valence-corrected chi connectivity index (χ3v) is 4.02. The van der Waals surface area contributed by atoms with E-state index < -0.39 is 0 Å².